The number of hydrogen-bond acceptors (Lipinski definition) is 0. The summed E-state index contributed by atoms with van der Waals surface area (Å²) in [6, 6.07) is 18.5. The molecule has 0 saturated heterocycles. The fourth-order valence-corrected chi connectivity index (χ4v) is 4.22. The van der Waals surface area contributed by atoms with Gasteiger partial charge in [0.2, 0.25) is 0 Å². The van der Waals surface area contributed by atoms with Crippen LogP contribution in [0.5, 0.6) is 0 Å². The van der Waals surface area contributed by atoms with Gasteiger partial charge in [-0.3, -0.25) is 0 Å². The largest absolute Gasteiger partial charge is 0.259 e. The molecule has 0 unspecified atom stereocenters. The lowest BCUT2D eigenvalue weighted by molar-refractivity contribution is -0.716. The number of aromatic nitrogens is 2. The van der Waals surface area contributed by atoms with Crippen molar-refractivity contribution in [1.29, 1.82) is 0 Å². The molecule has 1 aliphatic rings. The maximum Gasteiger partial charge on any atom is 0.259 e. The smallest absolute Gasteiger partial charge is 0.224 e. The fourth-order valence-electron chi connectivity index (χ4n) is 4.22. The van der Waals surface area contributed by atoms with Crippen molar-refractivity contribution in [2.45, 2.75) is 52.4 Å². The van der Waals surface area contributed by atoms with Crippen molar-refractivity contribution in [3.8, 4) is 16.9 Å². The van der Waals surface area contributed by atoms with Gasteiger partial charge in [0.25, 0.3) is 5.82 Å². The van der Waals surface area contributed by atoms with Crippen LogP contribution in [-0.2, 0) is 0 Å². The lowest BCUT2D eigenvalue weighted by Crippen LogP contribution is -2.42. The van der Waals surface area contributed by atoms with Gasteiger partial charge in [0, 0.05) is 23.5 Å². The van der Waals surface area contributed by atoms with E-state index in [2.05, 4.69) is 23.6 Å². The first kappa shape index (κ1) is 12.9. The van der Waals surface area contributed by atoms with Crippen molar-refractivity contribution in [1.82, 2.24) is 4.57 Å². The number of hydrogen-bond donors (Lipinski definition) is 0. The predicted molar refractivity (Wildman–Crippen MR) is 103 cm³/mol. The van der Waals surface area contributed by atoms with Gasteiger partial charge in [-0.05, 0) is 44.2 Å². The minimum atomic E-state index is -2.21. The quantitative estimate of drug-likeness (QED) is 0.561. The van der Waals surface area contributed by atoms with E-state index in [9.17, 15) is 0 Å². The van der Waals surface area contributed by atoms with Gasteiger partial charge in [0.15, 0.2) is 11.4 Å². The monoisotopic (exact) mass is 334 g/mol. The van der Waals surface area contributed by atoms with Crippen LogP contribution in [0.2, 0.25) is 0 Å². The first-order chi connectivity index (χ1) is 13.4. The highest BCUT2D eigenvalue weighted by atomic mass is 15.2. The van der Waals surface area contributed by atoms with Crippen molar-refractivity contribution < 1.29 is 8.68 Å². The van der Waals surface area contributed by atoms with Crippen molar-refractivity contribution in [3.63, 3.8) is 0 Å². The SMILES string of the molecule is [2H]C([2H])([2H])c1n(-c2ccccc2C)c(C)c(-c2ccccc2)[n+]1C1CCCC1. The minimum absolute atomic E-state index is 0.231. The van der Waals surface area contributed by atoms with Crippen LogP contribution in [0.25, 0.3) is 16.9 Å². The Balaban J connectivity index is 2.11. The molecular formula is C23H27N2+. The Morgan fingerprint density at radius 1 is 0.960 bits per heavy atom. The zero-order chi connectivity index (χ0) is 19.9. The fraction of sp³-hybridized carbons (Fsp3) is 0.348. The second kappa shape index (κ2) is 6.51. The van der Waals surface area contributed by atoms with E-state index >= 15 is 0 Å². The maximum absolute atomic E-state index is 8.40. The molecule has 0 atom stereocenters. The Hall–Kier alpha value is -2.35. The highest BCUT2D eigenvalue weighted by Gasteiger charge is 2.33. The molecule has 1 heterocycles. The van der Waals surface area contributed by atoms with Crippen molar-refractivity contribution in [3.05, 3.63) is 71.7 Å². The summed E-state index contributed by atoms with van der Waals surface area (Å²) in [5, 5.41) is 0. The van der Waals surface area contributed by atoms with Crippen LogP contribution in [-0.4, -0.2) is 4.57 Å². The van der Waals surface area contributed by atoms with Gasteiger partial charge in [-0.25, -0.2) is 4.57 Å². The number of aryl methyl sites for hydroxylation is 1. The van der Waals surface area contributed by atoms with Gasteiger partial charge in [-0.1, -0.05) is 48.5 Å². The third-order valence-electron chi connectivity index (χ3n) is 5.45. The molecule has 1 saturated carbocycles. The number of nitrogens with zero attached hydrogens (tertiary/aromatic N) is 2. The summed E-state index contributed by atoms with van der Waals surface area (Å²) >= 11 is 0. The molecule has 1 aromatic heterocycles. The Kier molecular flexibility index (Phi) is 3.37. The first-order valence-electron chi connectivity index (χ1n) is 10.7. The van der Waals surface area contributed by atoms with E-state index in [0.29, 0.717) is 5.82 Å². The number of para-hydroxylation sites is 1. The molecule has 0 bridgehead atoms. The predicted octanol–water partition coefficient (Wildman–Crippen LogP) is 5.47. The standard InChI is InChI=1S/C23H27N2/c1-17-11-7-10-16-22(17)24-18(2)23(20-12-5-4-6-13-20)25(19(24)3)21-14-8-9-15-21/h4-7,10-13,16,21H,8-9,14-15H2,1-3H3/q+1/i3D3. The van der Waals surface area contributed by atoms with Gasteiger partial charge < -0.3 is 0 Å². The zero-order valence-electron chi connectivity index (χ0n) is 18.0. The van der Waals surface area contributed by atoms with Crippen molar-refractivity contribution >= 4 is 0 Å². The molecule has 0 spiro atoms. The molecule has 0 N–H and O–H groups in total. The van der Waals surface area contributed by atoms with E-state index in [1.165, 1.54) is 0 Å². The normalized spacial score (nSPS) is 17.3. The van der Waals surface area contributed by atoms with Gasteiger partial charge in [0.1, 0.15) is 11.7 Å². The van der Waals surface area contributed by atoms with E-state index in [4.69, 9.17) is 4.11 Å². The Labute approximate surface area is 155 Å². The summed E-state index contributed by atoms with van der Waals surface area (Å²) in [5.74, 6) is 0.421. The number of imidazole rings is 1. The number of rotatable bonds is 3. The van der Waals surface area contributed by atoms with Crippen LogP contribution in [0.15, 0.2) is 54.6 Å². The van der Waals surface area contributed by atoms with E-state index in [0.717, 1.165) is 53.9 Å². The Morgan fingerprint density at radius 2 is 1.64 bits per heavy atom. The van der Waals surface area contributed by atoms with E-state index in [1.54, 1.807) is 0 Å². The molecule has 4 rings (SSSR count). The van der Waals surface area contributed by atoms with Crippen molar-refractivity contribution in [2.24, 2.45) is 0 Å². The molecule has 0 aliphatic heterocycles. The van der Waals surface area contributed by atoms with Crippen LogP contribution < -0.4 is 4.57 Å². The summed E-state index contributed by atoms with van der Waals surface area (Å²) in [6.07, 6.45) is 4.37. The van der Waals surface area contributed by atoms with Gasteiger partial charge in [0.05, 0.1) is 0 Å². The molecular weight excluding hydrogens is 304 g/mol. The molecule has 1 aliphatic carbocycles. The van der Waals surface area contributed by atoms with Gasteiger partial charge >= 0.3 is 0 Å². The van der Waals surface area contributed by atoms with Crippen LogP contribution in [0.3, 0.4) is 0 Å². The third kappa shape index (κ3) is 2.70. The zero-order valence-corrected chi connectivity index (χ0v) is 15.0. The molecule has 2 aromatic carbocycles. The Bertz CT molecular complexity index is 981. The third-order valence-corrected chi connectivity index (χ3v) is 5.45. The molecule has 3 aromatic rings. The van der Waals surface area contributed by atoms with Crippen molar-refractivity contribution in [2.75, 3.05) is 0 Å². The van der Waals surface area contributed by atoms with Gasteiger partial charge in [-0.2, -0.15) is 4.57 Å². The molecule has 25 heavy (non-hydrogen) atoms. The van der Waals surface area contributed by atoms with Crippen LogP contribution >= 0.6 is 0 Å². The lowest BCUT2D eigenvalue weighted by Gasteiger charge is -2.11. The molecule has 128 valence electrons. The molecule has 2 heteroatoms. The Morgan fingerprint density at radius 3 is 2.32 bits per heavy atom. The van der Waals surface area contributed by atoms with E-state index < -0.39 is 6.85 Å². The summed E-state index contributed by atoms with van der Waals surface area (Å²) < 4.78 is 29.3. The summed E-state index contributed by atoms with van der Waals surface area (Å²) in [4.78, 5) is 0. The molecule has 1 fully saturated rings. The van der Waals surface area contributed by atoms with Gasteiger partial charge in [-0.15, -0.1) is 0 Å². The topological polar surface area (TPSA) is 8.81 Å². The summed E-state index contributed by atoms with van der Waals surface area (Å²) in [7, 11) is 0. The molecule has 2 nitrogen and oxygen atoms in total. The van der Waals surface area contributed by atoms with Crippen LogP contribution in [0, 0.1) is 20.7 Å². The summed E-state index contributed by atoms with van der Waals surface area (Å²) in [5.41, 5.74) is 5.11. The van der Waals surface area contributed by atoms with Crippen LogP contribution in [0.1, 0.15) is 52.9 Å². The first-order valence-corrected chi connectivity index (χ1v) is 9.18. The van der Waals surface area contributed by atoms with E-state index in [1.807, 2.05) is 54.0 Å². The average molecular weight is 335 g/mol. The minimum Gasteiger partial charge on any atom is -0.224 e. The highest BCUT2D eigenvalue weighted by Crippen LogP contribution is 2.32. The number of benzene rings is 2. The van der Waals surface area contributed by atoms with E-state index in [-0.39, 0.29) is 6.04 Å². The summed E-state index contributed by atoms with van der Waals surface area (Å²) in [6.45, 7) is 1.89. The lowest BCUT2D eigenvalue weighted by atomic mass is 10.1. The average Bonchev–Trinajstić information content (AvgIpc) is 3.28. The second-order valence-corrected chi connectivity index (χ2v) is 7.05. The molecule has 0 radical (unpaired) electrons. The second-order valence-electron chi connectivity index (χ2n) is 7.05. The molecule has 0 amide bonds. The maximum atomic E-state index is 8.40. The van der Waals surface area contributed by atoms with Crippen LogP contribution in [0.4, 0.5) is 0 Å². The highest BCUT2D eigenvalue weighted by molar-refractivity contribution is 5.60.